The highest BCUT2D eigenvalue weighted by Crippen LogP contribution is 2.11. The van der Waals surface area contributed by atoms with Gasteiger partial charge in [0.05, 0.1) is 18.6 Å². The Labute approximate surface area is 76.1 Å². The van der Waals surface area contributed by atoms with E-state index in [0.29, 0.717) is 0 Å². The van der Waals surface area contributed by atoms with Crippen molar-refractivity contribution >= 4 is 11.3 Å². The summed E-state index contributed by atoms with van der Waals surface area (Å²) in [5, 5.41) is 21.4. The molecule has 2 nitrogen and oxygen atoms in total. The first-order chi connectivity index (χ1) is 5.86. The summed E-state index contributed by atoms with van der Waals surface area (Å²) in [6.45, 7) is -0.0271. The normalized spacial score (nSPS) is 12.3. The summed E-state index contributed by atoms with van der Waals surface area (Å²) in [5.74, 6) is -0.204. The predicted molar refractivity (Wildman–Crippen MR) is 48.8 cm³/mol. The van der Waals surface area contributed by atoms with Crippen LogP contribution in [0.3, 0.4) is 0 Å². The van der Waals surface area contributed by atoms with Crippen LogP contribution in [0.1, 0.15) is 12.0 Å². The summed E-state index contributed by atoms with van der Waals surface area (Å²) in [6, 6.07) is 4.12. The van der Waals surface area contributed by atoms with Crippen LogP contribution in [0, 0.1) is 17.2 Å². The molecule has 64 valence electrons. The van der Waals surface area contributed by atoms with Gasteiger partial charge in [0.15, 0.2) is 0 Å². The Hall–Kier alpha value is -0.850. The lowest BCUT2D eigenvalue weighted by molar-refractivity contribution is 0.250. The van der Waals surface area contributed by atoms with Gasteiger partial charge in [0.25, 0.3) is 0 Å². The molecule has 0 aliphatic rings. The Bertz CT molecular complexity index is 250. The molecule has 1 atom stereocenters. The fourth-order valence-corrected chi connectivity index (χ4v) is 1.68. The van der Waals surface area contributed by atoms with Gasteiger partial charge in [-0.05, 0) is 35.2 Å². The minimum Gasteiger partial charge on any atom is -0.395 e. The first-order valence-electron chi connectivity index (χ1n) is 3.88. The Morgan fingerprint density at radius 2 is 2.50 bits per heavy atom. The van der Waals surface area contributed by atoms with Crippen molar-refractivity contribution in [2.45, 2.75) is 12.8 Å². The Balaban J connectivity index is 2.31. The predicted octanol–water partition coefficient (Wildman–Crippen LogP) is 1.81. The first-order valence-corrected chi connectivity index (χ1v) is 4.82. The maximum absolute atomic E-state index is 8.73. The largest absolute Gasteiger partial charge is 0.395 e. The number of nitriles is 1. The van der Waals surface area contributed by atoms with Gasteiger partial charge < -0.3 is 5.11 Å². The third-order valence-corrected chi connectivity index (χ3v) is 2.50. The highest BCUT2D eigenvalue weighted by atomic mass is 32.1. The lowest BCUT2D eigenvalue weighted by Gasteiger charge is -2.02. The van der Waals surface area contributed by atoms with E-state index in [-0.39, 0.29) is 12.5 Å². The smallest absolute Gasteiger partial charge is 0.0697 e. The van der Waals surface area contributed by atoms with Gasteiger partial charge in [-0.3, -0.25) is 0 Å². The van der Waals surface area contributed by atoms with Gasteiger partial charge in [0.2, 0.25) is 0 Å². The van der Waals surface area contributed by atoms with E-state index in [1.807, 2.05) is 5.38 Å². The third-order valence-electron chi connectivity index (χ3n) is 1.76. The molecular formula is C9H11NOS. The van der Waals surface area contributed by atoms with E-state index in [1.54, 1.807) is 11.3 Å². The zero-order chi connectivity index (χ0) is 8.81. The second-order valence-electron chi connectivity index (χ2n) is 2.68. The highest BCUT2D eigenvalue weighted by Gasteiger charge is 2.05. The molecule has 1 rings (SSSR count). The highest BCUT2D eigenvalue weighted by molar-refractivity contribution is 7.07. The molecular weight excluding hydrogens is 170 g/mol. The molecule has 0 radical (unpaired) electrons. The summed E-state index contributed by atoms with van der Waals surface area (Å²) < 4.78 is 0. The molecule has 1 N–H and O–H groups in total. The Morgan fingerprint density at radius 3 is 3.00 bits per heavy atom. The second-order valence-corrected chi connectivity index (χ2v) is 3.46. The molecule has 1 heterocycles. The average molecular weight is 181 g/mol. The van der Waals surface area contributed by atoms with Crippen LogP contribution in [0.4, 0.5) is 0 Å². The SMILES string of the molecule is N#CC(CO)CCc1ccsc1. The molecule has 0 bridgehead atoms. The molecule has 1 aromatic heterocycles. The lowest BCUT2D eigenvalue weighted by atomic mass is 10.0. The van der Waals surface area contributed by atoms with Crippen molar-refractivity contribution in [1.29, 1.82) is 5.26 Å². The summed E-state index contributed by atoms with van der Waals surface area (Å²) >= 11 is 1.66. The third kappa shape index (κ3) is 2.65. The molecule has 0 fully saturated rings. The van der Waals surface area contributed by atoms with E-state index in [9.17, 15) is 0 Å². The van der Waals surface area contributed by atoms with Crippen LogP contribution in [0.15, 0.2) is 16.8 Å². The van der Waals surface area contributed by atoms with Crippen LogP contribution in [-0.4, -0.2) is 11.7 Å². The molecule has 1 aromatic rings. The van der Waals surface area contributed by atoms with E-state index in [0.717, 1.165) is 12.8 Å². The zero-order valence-electron chi connectivity index (χ0n) is 6.73. The zero-order valence-corrected chi connectivity index (χ0v) is 7.55. The first kappa shape index (κ1) is 9.24. The van der Waals surface area contributed by atoms with Crippen LogP contribution in [-0.2, 0) is 6.42 Å². The summed E-state index contributed by atoms with van der Waals surface area (Å²) in [7, 11) is 0. The number of nitrogens with zero attached hydrogens (tertiary/aromatic N) is 1. The number of aliphatic hydroxyl groups is 1. The average Bonchev–Trinajstić information content (AvgIpc) is 2.59. The van der Waals surface area contributed by atoms with Crippen molar-refractivity contribution in [3.05, 3.63) is 22.4 Å². The van der Waals surface area contributed by atoms with Gasteiger partial charge in [-0.2, -0.15) is 16.6 Å². The molecule has 0 spiro atoms. The van der Waals surface area contributed by atoms with Crippen molar-refractivity contribution in [2.75, 3.05) is 6.61 Å². The van der Waals surface area contributed by atoms with Gasteiger partial charge in [0.1, 0.15) is 0 Å². The van der Waals surface area contributed by atoms with Crippen molar-refractivity contribution in [3.8, 4) is 6.07 Å². The van der Waals surface area contributed by atoms with E-state index in [1.165, 1.54) is 5.56 Å². The fourth-order valence-electron chi connectivity index (χ4n) is 0.972. The maximum atomic E-state index is 8.73. The molecule has 3 heteroatoms. The van der Waals surface area contributed by atoms with Crippen molar-refractivity contribution in [1.82, 2.24) is 0 Å². The van der Waals surface area contributed by atoms with E-state index in [4.69, 9.17) is 10.4 Å². The van der Waals surface area contributed by atoms with Crippen molar-refractivity contribution in [2.24, 2.45) is 5.92 Å². The van der Waals surface area contributed by atoms with Crippen LogP contribution in [0.2, 0.25) is 0 Å². The molecule has 1 unspecified atom stereocenters. The van der Waals surface area contributed by atoms with Gasteiger partial charge >= 0.3 is 0 Å². The van der Waals surface area contributed by atoms with Gasteiger partial charge in [0, 0.05) is 0 Å². The van der Waals surface area contributed by atoms with Crippen LogP contribution < -0.4 is 0 Å². The number of rotatable bonds is 4. The van der Waals surface area contributed by atoms with Crippen LogP contribution in [0.5, 0.6) is 0 Å². The molecule has 12 heavy (non-hydrogen) atoms. The Kier molecular flexibility index (Phi) is 3.78. The number of thiophene rings is 1. The van der Waals surface area contributed by atoms with Crippen molar-refractivity contribution < 1.29 is 5.11 Å². The topological polar surface area (TPSA) is 44.0 Å². The van der Waals surface area contributed by atoms with E-state index >= 15 is 0 Å². The summed E-state index contributed by atoms with van der Waals surface area (Å²) in [5.41, 5.74) is 1.26. The quantitative estimate of drug-likeness (QED) is 0.770. The summed E-state index contributed by atoms with van der Waals surface area (Å²) in [6.07, 6.45) is 1.64. The number of aryl methyl sites for hydroxylation is 1. The molecule has 0 saturated carbocycles. The molecule has 0 aliphatic carbocycles. The minimum atomic E-state index is -0.204. The molecule has 0 aromatic carbocycles. The number of aliphatic hydroxyl groups excluding tert-OH is 1. The van der Waals surface area contributed by atoms with Gasteiger partial charge in [-0.25, -0.2) is 0 Å². The number of hydrogen-bond acceptors (Lipinski definition) is 3. The minimum absolute atomic E-state index is 0.0271. The molecule has 0 amide bonds. The maximum Gasteiger partial charge on any atom is 0.0697 e. The summed E-state index contributed by atoms with van der Waals surface area (Å²) in [4.78, 5) is 0. The van der Waals surface area contributed by atoms with Crippen molar-refractivity contribution in [3.63, 3.8) is 0 Å². The van der Waals surface area contributed by atoms with Crippen LogP contribution in [0.25, 0.3) is 0 Å². The molecule has 0 saturated heterocycles. The van der Waals surface area contributed by atoms with Crippen LogP contribution >= 0.6 is 11.3 Å². The molecule has 0 aliphatic heterocycles. The van der Waals surface area contributed by atoms with E-state index in [2.05, 4.69) is 17.5 Å². The fraction of sp³-hybridized carbons (Fsp3) is 0.444. The van der Waals surface area contributed by atoms with Gasteiger partial charge in [-0.1, -0.05) is 0 Å². The van der Waals surface area contributed by atoms with E-state index < -0.39 is 0 Å². The number of hydrogen-bond donors (Lipinski definition) is 1. The van der Waals surface area contributed by atoms with Gasteiger partial charge in [-0.15, -0.1) is 0 Å². The standard InChI is InChI=1S/C9H11NOS/c10-5-9(6-11)2-1-8-3-4-12-7-8/h3-4,7,9,11H,1-2,6H2. The second kappa shape index (κ2) is 4.91. The Morgan fingerprint density at radius 1 is 1.67 bits per heavy atom. The monoisotopic (exact) mass is 181 g/mol. The lowest BCUT2D eigenvalue weighted by Crippen LogP contribution is -2.03.